The minimum Gasteiger partial charge on any atom is -0.497 e. The fraction of sp³-hybridized carbons (Fsp3) is 0.450. The Hall–Kier alpha value is -1.18. The standard InChI is InChI=1S/C20H23IN2O2/c1-3-12-11-23-7-6-13(12)8-18(23)20(24)16-10-19(21)22-17-5-4-14(25-2)9-15(16)17/h3-5,9-10,12-13,18,20,24H,1,6-8,11H2,2H3/t12-,13-,18+,20-/m0/s1. The molecule has 1 unspecified atom stereocenters. The van der Waals surface area contributed by atoms with E-state index in [1.807, 2.05) is 24.3 Å². The third-order valence-electron chi connectivity index (χ3n) is 5.85. The van der Waals surface area contributed by atoms with Crippen LogP contribution < -0.4 is 4.74 Å². The molecule has 5 rings (SSSR count). The first-order chi connectivity index (χ1) is 12.1. The number of aromatic nitrogens is 1. The molecule has 3 saturated heterocycles. The Kier molecular flexibility index (Phi) is 4.73. The number of piperidine rings is 3. The van der Waals surface area contributed by atoms with Gasteiger partial charge in [0.1, 0.15) is 9.45 Å². The zero-order valence-electron chi connectivity index (χ0n) is 14.4. The van der Waals surface area contributed by atoms with Crippen LogP contribution in [-0.2, 0) is 0 Å². The molecule has 3 fully saturated rings. The first kappa shape index (κ1) is 17.2. The zero-order chi connectivity index (χ0) is 17.6. The lowest BCUT2D eigenvalue weighted by Gasteiger charge is -2.50. The van der Waals surface area contributed by atoms with Crippen molar-refractivity contribution in [3.8, 4) is 5.75 Å². The number of ether oxygens (including phenoxy) is 1. The van der Waals surface area contributed by atoms with Gasteiger partial charge in [0, 0.05) is 18.0 Å². The summed E-state index contributed by atoms with van der Waals surface area (Å²) in [5.41, 5.74) is 1.86. The second-order valence-corrected chi connectivity index (χ2v) is 8.21. The average molecular weight is 450 g/mol. The van der Waals surface area contributed by atoms with Crippen molar-refractivity contribution in [3.05, 3.63) is 46.2 Å². The number of methoxy groups -OCH3 is 1. The number of aliphatic hydroxyl groups excluding tert-OH is 1. The lowest BCUT2D eigenvalue weighted by atomic mass is 9.73. The van der Waals surface area contributed by atoms with Crippen molar-refractivity contribution in [2.75, 3.05) is 20.2 Å². The van der Waals surface area contributed by atoms with E-state index in [2.05, 4.69) is 45.1 Å². The van der Waals surface area contributed by atoms with Gasteiger partial charge in [0.05, 0.1) is 18.7 Å². The average Bonchev–Trinajstić information content (AvgIpc) is 2.66. The highest BCUT2D eigenvalue weighted by molar-refractivity contribution is 14.1. The van der Waals surface area contributed by atoms with Crippen LogP contribution in [0.3, 0.4) is 0 Å². The van der Waals surface area contributed by atoms with Crippen molar-refractivity contribution in [1.29, 1.82) is 0 Å². The van der Waals surface area contributed by atoms with E-state index < -0.39 is 6.10 Å². The minimum atomic E-state index is -0.514. The van der Waals surface area contributed by atoms with Gasteiger partial charge in [-0.05, 0) is 83.6 Å². The molecule has 2 aromatic rings. The SMILES string of the molecule is C=C[C@H]1CN2CC[C@H]1C[C@@H]2[C@@H](O)c1cc(I)nc2ccc(OC)cc12. The lowest BCUT2D eigenvalue weighted by Crippen LogP contribution is -2.54. The van der Waals surface area contributed by atoms with Gasteiger partial charge in [-0.3, -0.25) is 4.90 Å². The summed E-state index contributed by atoms with van der Waals surface area (Å²) in [6, 6.07) is 8.06. The van der Waals surface area contributed by atoms with E-state index >= 15 is 0 Å². The summed E-state index contributed by atoms with van der Waals surface area (Å²) in [6.45, 7) is 6.07. The van der Waals surface area contributed by atoms with Crippen molar-refractivity contribution in [2.24, 2.45) is 11.8 Å². The van der Waals surface area contributed by atoms with Crippen LogP contribution in [0.4, 0.5) is 0 Å². The highest BCUT2D eigenvalue weighted by Crippen LogP contribution is 2.42. The van der Waals surface area contributed by atoms with E-state index in [1.165, 1.54) is 6.42 Å². The fourth-order valence-corrected chi connectivity index (χ4v) is 5.08. The Balaban J connectivity index is 1.73. The van der Waals surface area contributed by atoms with Gasteiger partial charge in [-0.1, -0.05) is 6.08 Å². The molecule has 5 atom stereocenters. The monoisotopic (exact) mass is 450 g/mol. The van der Waals surface area contributed by atoms with Gasteiger partial charge in [0.2, 0.25) is 0 Å². The molecule has 0 saturated carbocycles. The maximum Gasteiger partial charge on any atom is 0.119 e. The van der Waals surface area contributed by atoms with Crippen LogP contribution in [0.15, 0.2) is 36.9 Å². The number of nitrogens with zero attached hydrogens (tertiary/aromatic N) is 2. The second kappa shape index (κ2) is 6.85. The van der Waals surface area contributed by atoms with Crippen molar-refractivity contribution in [1.82, 2.24) is 9.88 Å². The molecule has 4 nitrogen and oxygen atoms in total. The van der Waals surface area contributed by atoms with Gasteiger partial charge in [-0.2, -0.15) is 0 Å². The molecule has 2 bridgehead atoms. The van der Waals surface area contributed by atoms with Crippen LogP contribution in [0.2, 0.25) is 0 Å². The predicted molar refractivity (Wildman–Crippen MR) is 108 cm³/mol. The summed E-state index contributed by atoms with van der Waals surface area (Å²) in [7, 11) is 1.67. The fourth-order valence-electron chi connectivity index (χ4n) is 4.48. The van der Waals surface area contributed by atoms with Crippen molar-refractivity contribution < 1.29 is 9.84 Å². The maximum atomic E-state index is 11.3. The molecule has 0 aliphatic carbocycles. The van der Waals surface area contributed by atoms with Gasteiger partial charge in [-0.25, -0.2) is 4.98 Å². The summed E-state index contributed by atoms with van der Waals surface area (Å²) < 4.78 is 6.28. The Morgan fingerprint density at radius 2 is 2.28 bits per heavy atom. The van der Waals surface area contributed by atoms with Crippen molar-refractivity contribution in [3.63, 3.8) is 0 Å². The van der Waals surface area contributed by atoms with Crippen LogP contribution in [0.5, 0.6) is 5.75 Å². The summed E-state index contributed by atoms with van der Waals surface area (Å²) in [6.07, 6.45) is 3.82. The van der Waals surface area contributed by atoms with Crippen molar-refractivity contribution in [2.45, 2.75) is 25.0 Å². The molecule has 1 aromatic heterocycles. The quantitative estimate of drug-likeness (QED) is 0.438. The number of pyridine rings is 1. The van der Waals surface area contributed by atoms with Crippen LogP contribution in [-0.4, -0.2) is 41.2 Å². The van der Waals surface area contributed by atoms with Gasteiger partial charge in [-0.15, -0.1) is 6.58 Å². The van der Waals surface area contributed by atoms with E-state index in [0.717, 1.165) is 45.4 Å². The Morgan fingerprint density at radius 1 is 1.44 bits per heavy atom. The first-order valence-electron chi connectivity index (χ1n) is 8.79. The molecule has 1 N–H and O–H groups in total. The van der Waals surface area contributed by atoms with E-state index in [-0.39, 0.29) is 6.04 Å². The third kappa shape index (κ3) is 3.06. The molecule has 5 heteroatoms. The number of rotatable bonds is 4. The summed E-state index contributed by atoms with van der Waals surface area (Å²) >= 11 is 2.23. The molecule has 0 spiro atoms. The van der Waals surface area contributed by atoms with Crippen molar-refractivity contribution >= 4 is 33.5 Å². The maximum absolute atomic E-state index is 11.3. The predicted octanol–water partition coefficient (Wildman–Crippen LogP) is 3.78. The minimum absolute atomic E-state index is 0.169. The molecule has 1 aromatic carbocycles. The van der Waals surface area contributed by atoms with Gasteiger partial charge < -0.3 is 9.84 Å². The van der Waals surface area contributed by atoms with E-state index in [9.17, 15) is 5.11 Å². The molecule has 4 heterocycles. The highest BCUT2D eigenvalue weighted by atomic mass is 127. The van der Waals surface area contributed by atoms with Gasteiger partial charge >= 0.3 is 0 Å². The summed E-state index contributed by atoms with van der Waals surface area (Å²) in [4.78, 5) is 7.05. The van der Waals surface area contributed by atoms with Crippen LogP contribution in [0, 0.1) is 15.5 Å². The van der Waals surface area contributed by atoms with Crippen LogP contribution >= 0.6 is 22.6 Å². The first-order valence-corrected chi connectivity index (χ1v) is 9.87. The van der Waals surface area contributed by atoms with Crippen LogP contribution in [0.1, 0.15) is 24.5 Å². The second-order valence-electron chi connectivity index (χ2n) is 7.11. The number of benzene rings is 1. The topological polar surface area (TPSA) is 45.6 Å². The molecule has 25 heavy (non-hydrogen) atoms. The summed E-state index contributed by atoms with van der Waals surface area (Å²) in [5.74, 6) is 2.00. The molecular weight excluding hydrogens is 427 g/mol. The lowest BCUT2D eigenvalue weighted by molar-refractivity contribution is -0.0445. The molecule has 3 aliphatic heterocycles. The molecule has 0 amide bonds. The Bertz CT molecular complexity index is 810. The number of aliphatic hydroxyl groups is 1. The number of hydrogen-bond acceptors (Lipinski definition) is 4. The highest BCUT2D eigenvalue weighted by Gasteiger charge is 2.42. The number of hydrogen-bond donors (Lipinski definition) is 1. The zero-order valence-corrected chi connectivity index (χ0v) is 16.5. The summed E-state index contributed by atoms with van der Waals surface area (Å²) in [5, 5.41) is 12.3. The molecular formula is C20H23IN2O2. The number of fused-ring (bicyclic) bond motifs is 4. The van der Waals surface area contributed by atoms with Gasteiger partial charge in [0.25, 0.3) is 0 Å². The molecule has 0 radical (unpaired) electrons. The van der Waals surface area contributed by atoms with Crippen LogP contribution in [0.25, 0.3) is 10.9 Å². The number of halogens is 1. The van der Waals surface area contributed by atoms with E-state index in [4.69, 9.17) is 4.74 Å². The molecule has 132 valence electrons. The van der Waals surface area contributed by atoms with Gasteiger partial charge in [0.15, 0.2) is 0 Å². The largest absolute Gasteiger partial charge is 0.497 e. The normalized spacial score (nSPS) is 29.6. The third-order valence-corrected chi connectivity index (χ3v) is 6.41. The molecule has 3 aliphatic rings. The smallest absolute Gasteiger partial charge is 0.119 e. The Morgan fingerprint density at radius 3 is 2.96 bits per heavy atom. The Labute approximate surface area is 162 Å². The van der Waals surface area contributed by atoms with E-state index in [1.54, 1.807) is 7.11 Å². The van der Waals surface area contributed by atoms with E-state index in [0.29, 0.717) is 11.8 Å².